The van der Waals surface area contributed by atoms with E-state index in [1.54, 1.807) is 0 Å². The number of nitriles is 1. The highest BCUT2D eigenvalue weighted by atomic mass is 16.5. The fourth-order valence-corrected chi connectivity index (χ4v) is 1.94. The minimum atomic E-state index is 0.460. The van der Waals surface area contributed by atoms with Crippen LogP contribution in [0.4, 0.5) is 0 Å². The normalized spacial score (nSPS) is 21.8. The first kappa shape index (κ1) is 11.5. The molecule has 0 heterocycles. The third-order valence-corrected chi connectivity index (χ3v) is 3.07. The molecule has 0 N–H and O–H groups in total. The summed E-state index contributed by atoms with van der Waals surface area (Å²) in [5.41, 5.74) is 0.520. The lowest BCUT2D eigenvalue weighted by Gasteiger charge is -2.34. The smallest absolute Gasteiger partial charge is 0.0622 e. The van der Waals surface area contributed by atoms with Crippen molar-refractivity contribution in [2.24, 2.45) is 5.41 Å². The maximum absolute atomic E-state index is 8.37. The van der Waals surface area contributed by atoms with Gasteiger partial charge in [0.05, 0.1) is 12.2 Å². The molecule has 0 aliphatic heterocycles. The van der Waals surface area contributed by atoms with E-state index in [2.05, 4.69) is 19.9 Å². The van der Waals surface area contributed by atoms with E-state index in [1.807, 2.05) is 0 Å². The highest BCUT2D eigenvalue weighted by Gasteiger charge is 2.26. The van der Waals surface area contributed by atoms with Gasteiger partial charge in [-0.25, -0.2) is 0 Å². The third-order valence-electron chi connectivity index (χ3n) is 3.07. The minimum Gasteiger partial charge on any atom is -0.378 e. The van der Waals surface area contributed by atoms with Gasteiger partial charge in [-0.3, -0.25) is 0 Å². The molecule has 1 rings (SSSR count). The van der Waals surface area contributed by atoms with Gasteiger partial charge in [-0.2, -0.15) is 5.26 Å². The molecule has 0 unspecified atom stereocenters. The number of ether oxygens (including phenoxy) is 1. The Morgan fingerprint density at radius 1 is 1.36 bits per heavy atom. The van der Waals surface area contributed by atoms with Gasteiger partial charge in [-0.05, 0) is 37.5 Å². The molecular weight excluding hydrogens is 174 g/mol. The van der Waals surface area contributed by atoms with Crippen molar-refractivity contribution in [3.8, 4) is 6.07 Å². The average molecular weight is 195 g/mol. The lowest BCUT2D eigenvalue weighted by Crippen LogP contribution is -2.26. The van der Waals surface area contributed by atoms with Crippen molar-refractivity contribution in [3.63, 3.8) is 0 Å². The molecule has 14 heavy (non-hydrogen) atoms. The Hall–Kier alpha value is -0.550. The van der Waals surface area contributed by atoms with Crippen LogP contribution in [0.25, 0.3) is 0 Å². The number of hydrogen-bond donors (Lipinski definition) is 0. The van der Waals surface area contributed by atoms with Crippen molar-refractivity contribution in [1.82, 2.24) is 0 Å². The summed E-state index contributed by atoms with van der Waals surface area (Å²) in [4.78, 5) is 0. The molecule has 2 nitrogen and oxygen atoms in total. The zero-order chi connectivity index (χ0) is 10.4. The molecule has 0 radical (unpaired) electrons. The second-order valence-corrected chi connectivity index (χ2v) is 5.00. The zero-order valence-corrected chi connectivity index (χ0v) is 9.38. The van der Waals surface area contributed by atoms with E-state index >= 15 is 0 Å². The van der Waals surface area contributed by atoms with Crippen LogP contribution in [-0.2, 0) is 4.74 Å². The fraction of sp³-hybridized carbons (Fsp3) is 0.917. The Morgan fingerprint density at radius 3 is 2.57 bits per heavy atom. The molecule has 0 amide bonds. The molecule has 1 aliphatic carbocycles. The van der Waals surface area contributed by atoms with Gasteiger partial charge in [0.1, 0.15) is 0 Å². The summed E-state index contributed by atoms with van der Waals surface area (Å²) >= 11 is 0. The molecule has 0 aromatic rings. The molecule has 2 heteroatoms. The van der Waals surface area contributed by atoms with E-state index in [1.165, 1.54) is 25.7 Å². The Morgan fingerprint density at radius 2 is 2.00 bits per heavy atom. The van der Waals surface area contributed by atoms with E-state index in [9.17, 15) is 0 Å². The summed E-state index contributed by atoms with van der Waals surface area (Å²) in [6, 6.07) is 2.14. The van der Waals surface area contributed by atoms with Crippen LogP contribution in [0.15, 0.2) is 0 Å². The zero-order valence-electron chi connectivity index (χ0n) is 9.38. The van der Waals surface area contributed by atoms with Crippen LogP contribution in [0.1, 0.15) is 52.4 Å². The van der Waals surface area contributed by atoms with Crippen molar-refractivity contribution < 1.29 is 4.74 Å². The van der Waals surface area contributed by atoms with Gasteiger partial charge >= 0.3 is 0 Å². The van der Waals surface area contributed by atoms with E-state index in [4.69, 9.17) is 10.00 Å². The van der Waals surface area contributed by atoms with E-state index in [-0.39, 0.29) is 0 Å². The Labute approximate surface area is 87.3 Å². The highest BCUT2D eigenvalue weighted by Crippen LogP contribution is 2.36. The lowest BCUT2D eigenvalue weighted by molar-refractivity contribution is 0.00379. The summed E-state index contributed by atoms with van der Waals surface area (Å²) < 4.78 is 5.73. The Kier molecular flexibility index (Phi) is 4.41. The average Bonchev–Trinajstić information content (AvgIpc) is 2.15. The van der Waals surface area contributed by atoms with Gasteiger partial charge in [-0.15, -0.1) is 0 Å². The topological polar surface area (TPSA) is 33.0 Å². The highest BCUT2D eigenvalue weighted by molar-refractivity contribution is 4.79. The summed E-state index contributed by atoms with van der Waals surface area (Å²) in [7, 11) is 0. The molecule has 80 valence electrons. The first-order valence-electron chi connectivity index (χ1n) is 5.63. The van der Waals surface area contributed by atoms with Crippen LogP contribution in [0.3, 0.4) is 0 Å². The molecule has 1 fully saturated rings. The molecule has 0 saturated heterocycles. The Bertz CT molecular complexity index is 195. The van der Waals surface area contributed by atoms with Crippen molar-refractivity contribution in [1.29, 1.82) is 5.26 Å². The van der Waals surface area contributed by atoms with Gasteiger partial charge < -0.3 is 4.74 Å². The van der Waals surface area contributed by atoms with Crippen molar-refractivity contribution >= 4 is 0 Å². The maximum Gasteiger partial charge on any atom is 0.0622 e. The molecule has 0 bridgehead atoms. The molecule has 0 aromatic heterocycles. The van der Waals surface area contributed by atoms with Gasteiger partial charge in [-0.1, -0.05) is 13.8 Å². The monoisotopic (exact) mass is 195 g/mol. The second-order valence-electron chi connectivity index (χ2n) is 5.00. The van der Waals surface area contributed by atoms with Crippen LogP contribution >= 0.6 is 0 Å². The largest absolute Gasteiger partial charge is 0.378 e. The molecule has 0 atom stereocenters. The number of unbranched alkanes of at least 4 members (excludes halogenated alkanes) is 1. The van der Waals surface area contributed by atoms with Gasteiger partial charge in [0, 0.05) is 13.0 Å². The fourth-order valence-electron chi connectivity index (χ4n) is 1.94. The van der Waals surface area contributed by atoms with Crippen LogP contribution in [0.5, 0.6) is 0 Å². The molecule has 0 spiro atoms. The van der Waals surface area contributed by atoms with Crippen LogP contribution < -0.4 is 0 Å². The summed E-state index contributed by atoms with van der Waals surface area (Å²) in [5.74, 6) is 0. The summed E-state index contributed by atoms with van der Waals surface area (Å²) in [5, 5.41) is 8.37. The predicted octanol–water partition coefficient (Wildman–Crippen LogP) is 3.28. The van der Waals surface area contributed by atoms with Crippen molar-refractivity contribution in [2.75, 3.05) is 6.61 Å². The first-order valence-corrected chi connectivity index (χ1v) is 5.63. The molecule has 0 aromatic carbocycles. The molecule has 1 aliphatic rings. The SMILES string of the molecule is CC1(C)CCC(OCCCC#N)CC1. The van der Waals surface area contributed by atoms with Gasteiger partial charge in [0.25, 0.3) is 0 Å². The summed E-state index contributed by atoms with van der Waals surface area (Å²) in [6.45, 7) is 5.43. The maximum atomic E-state index is 8.37. The van der Waals surface area contributed by atoms with Crippen LogP contribution in [-0.4, -0.2) is 12.7 Å². The van der Waals surface area contributed by atoms with Crippen LogP contribution in [0, 0.1) is 16.7 Å². The van der Waals surface area contributed by atoms with Crippen LogP contribution in [0.2, 0.25) is 0 Å². The first-order chi connectivity index (χ1) is 6.64. The van der Waals surface area contributed by atoms with E-state index in [0.717, 1.165) is 13.0 Å². The van der Waals surface area contributed by atoms with Crippen molar-refractivity contribution in [2.45, 2.75) is 58.5 Å². The molecule has 1 saturated carbocycles. The predicted molar refractivity (Wildman–Crippen MR) is 56.8 cm³/mol. The molecular formula is C12H21NO. The summed E-state index contributed by atoms with van der Waals surface area (Å²) in [6.07, 6.45) is 6.90. The number of rotatable bonds is 4. The second kappa shape index (κ2) is 5.36. The quantitative estimate of drug-likeness (QED) is 0.645. The van der Waals surface area contributed by atoms with Crippen molar-refractivity contribution in [3.05, 3.63) is 0 Å². The van der Waals surface area contributed by atoms with E-state index < -0.39 is 0 Å². The lowest BCUT2D eigenvalue weighted by atomic mass is 9.76. The van der Waals surface area contributed by atoms with Gasteiger partial charge in [0.2, 0.25) is 0 Å². The van der Waals surface area contributed by atoms with Gasteiger partial charge in [0.15, 0.2) is 0 Å². The standard InChI is InChI=1S/C12H21NO/c1-12(2)7-5-11(6-8-12)14-10-4-3-9-13/h11H,3-8,10H2,1-2H3. The minimum absolute atomic E-state index is 0.460. The Balaban J connectivity index is 2.08. The third kappa shape index (κ3) is 4.11. The van der Waals surface area contributed by atoms with E-state index in [0.29, 0.717) is 17.9 Å². The number of nitrogens with zero attached hydrogens (tertiary/aromatic N) is 1. The number of hydrogen-bond acceptors (Lipinski definition) is 2.